The van der Waals surface area contributed by atoms with Crippen LogP contribution in [0, 0.1) is 25.2 Å². The number of nitrogens with one attached hydrogen (secondary N) is 1. The van der Waals surface area contributed by atoms with E-state index in [1.165, 1.54) is 0 Å². The van der Waals surface area contributed by atoms with Crippen molar-refractivity contribution in [2.75, 3.05) is 11.9 Å². The summed E-state index contributed by atoms with van der Waals surface area (Å²) in [6, 6.07) is 3.67. The summed E-state index contributed by atoms with van der Waals surface area (Å²) in [7, 11) is 0. The summed E-state index contributed by atoms with van der Waals surface area (Å²) in [5.41, 5.74) is 1.16. The van der Waals surface area contributed by atoms with Crippen LogP contribution in [0.2, 0.25) is 0 Å². The van der Waals surface area contributed by atoms with Crippen molar-refractivity contribution in [1.82, 2.24) is 19.5 Å². The van der Waals surface area contributed by atoms with Crippen LogP contribution in [0.3, 0.4) is 0 Å². The smallest absolute Gasteiger partial charge is 0.224 e. The number of anilines is 1. The quantitative estimate of drug-likeness (QED) is 0.873. The third-order valence-corrected chi connectivity index (χ3v) is 2.53. The Morgan fingerprint density at radius 1 is 1.39 bits per heavy atom. The van der Waals surface area contributed by atoms with Crippen molar-refractivity contribution in [3.05, 3.63) is 35.7 Å². The highest BCUT2D eigenvalue weighted by Crippen LogP contribution is 2.04. The van der Waals surface area contributed by atoms with Crippen LogP contribution < -0.4 is 5.32 Å². The summed E-state index contributed by atoms with van der Waals surface area (Å²) >= 11 is 0. The lowest BCUT2D eigenvalue weighted by atomic mass is 10.3. The number of imidazole rings is 1. The van der Waals surface area contributed by atoms with Crippen molar-refractivity contribution in [1.29, 1.82) is 5.26 Å². The minimum Gasteiger partial charge on any atom is -0.352 e. The van der Waals surface area contributed by atoms with Gasteiger partial charge >= 0.3 is 0 Å². The molecule has 0 unspecified atom stereocenters. The average molecular weight is 242 g/mol. The second-order valence-corrected chi connectivity index (χ2v) is 3.92. The van der Waals surface area contributed by atoms with E-state index in [0.29, 0.717) is 18.2 Å². The molecule has 0 saturated carbocycles. The molecule has 2 aromatic heterocycles. The van der Waals surface area contributed by atoms with Crippen molar-refractivity contribution in [3.63, 3.8) is 0 Å². The van der Waals surface area contributed by atoms with Crippen molar-refractivity contribution in [2.45, 2.75) is 20.4 Å². The van der Waals surface area contributed by atoms with E-state index in [-0.39, 0.29) is 0 Å². The maximum Gasteiger partial charge on any atom is 0.224 e. The number of aromatic nitrogens is 4. The van der Waals surface area contributed by atoms with Crippen LogP contribution in [0.25, 0.3) is 0 Å². The minimum atomic E-state index is 0.379. The molecular weight excluding hydrogens is 228 g/mol. The van der Waals surface area contributed by atoms with E-state index < -0.39 is 0 Å². The van der Waals surface area contributed by atoms with E-state index >= 15 is 0 Å². The second-order valence-electron chi connectivity index (χ2n) is 3.92. The Morgan fingerprint density at radius 2 is 2.22 bits per heavy atom. The fourth-order valence-electron chi connectivity index (χ4n) is 1.63. The predicted molar refractivity (Wildman–Crippen MR) is 66.9 cm³/mol. The standard InChI is InChI=1S/C12H14N6/c1-9-7-11(8-13)17-12(16-9)15-4-6-18-5-3-14-10(18)2/h3,5,7H,4,6H2,1-2H3,(H,15,16,17). The SMILES string of the molecule is Cc1cc(C#N)nc(NCCn2ccnc2C)n1. The monoisotopic (exact) mass is 242 g/mol. The molecule has 0 aromatic carbocycles. The van der Waals surface area contributed by atoms with Crippen molar-refractivity contribution >= 4 is 5.95 Å². The molecule has 0 saturated heterocycles. The predicted octanol–water partition coefficient (Wildman–Crippen LogP) is 1.27. The maximum atomic E-state index is 8.82. The number of aryl methyl sites for hydroxylation is 2. The van der Waals surface area contributed by atoms with Gasteiger partial charge in [0, 0.05) is 31.2 Å². The number of hydrogen-bond donors (Lipinski definition) is 1. The fraction of sp³-hybridized carbons (Fsp3) is 0.333. The molecule has 6 heteroatoms. The van der Waals surface area contributed by atoms with Gasteiger partial charge in [0.1, 0.15) is 17.6 Å². The fourth-order valence-corrected chi connectivity index (χ4v) is 1.63. The van der Waals surface area contributed by atoms with Gasteiger partial charge in [0.25, 0.3) is 0 Å². The molecule has 0 atom stereocenters. The normalized spacial score (nSPS) is 10.1. The molecule has 0 spiro atoms. The van der Waals surface area contributed by atoms with E-state index in [1.807, 2.05) is 30.7 Å². The molecule has 0 bridgehead atoms. The Morgan fingerprint density at radius 3 is 2.89 bits per heavy atom. The van der Waals surface area contributed by atoms with E-state index in [2.05, 4.69) is 20.3 Å². The lowest BCUT2D eigenvalue weighted by Crippen LogP contribution is -2.13. The summed E-state index contributed by atoms with van der Waals surface area (Å²) < 4.78 is 2.04. The summed E-state index contributed by atoms with van der Waals surface area (Å²) in [6.45, 7) is 5.27. The van der Waals surface area contributed by atoms with Crippen molar-refractivity contribution < 1.29 is 0 Å². The maximum absolute atomic E-state index is 8.82. The third-order valence-electron chi connectivity index (χ3n) is 2.53. The van der Waals surface area contributed by atoms with Crippen LogP contribution in [0.15, 0.2) is 18.5 Å². The second kappa shape index (κ2) is 5.27. The van der Waals surface area contributed by atoms with Crippen LogP contribution in [0.1, 0.15) is 17.2 Å². The molecule has 6 nitrogen and oxygen atoms in total. The molecule has 0 aliphatic heterocycles. The van der Waals surface area contributed by atoms with Gasteiger partial charge in [-0.3, -0.25) is 0 Å². The van der Waals surface area contributed by atoms with E-state index in [0.717, 1.165) is 18.1 Å². The highest BCUT2D eigenvalue weighted by atomic mass is 15.1. The molecule has 18 heavy (non-hydrogen) atoms. The Hall–Kier alpha value is -2.42. The lowest BCUT2D eigenvalue weighted by Gasteiger charge is -2.07. The Kier molecular flexibility index (Phi) is 3.53. The average Bonchev–Trinajstić information content (AvgIpc) is 2.74. The van der Waals surface area contributed by atoms with Gasteiger partial charge in [-0.05, 0) is 19.9 Å². The van der Waals surface area contributed by atoms with Crippen LogP contribution in [-0.4, -0.2) is 26.1 Å². The highest BCUT2D eigenvalue weighted by Gasteiger charge is 2.01. The molecule has 2 aromatic rings. The van der Waals surface area contributed by atoms with E-state index in [9.17, 15) is 0 Å². The molecular formula is C12H14N6. The first-order valence-corrected chi connectivity index (χ1v) is 5.66. The van der Waals surface area contributed by atoms with E-state index in [4.69, 9.17) is 5.26 Å². The van der Waals surface area contributed by atoms with Crippen LogP contribution in [-0.2, 0) is 6.54 Å². The molecule has 0 aliphatic rings. The Balaban J connectivity index is 1.97. The van der Waals surface area contributed by atoms with Crippen molar-refractivity contribution in [3.8, 4) is 6.07 Å². The summed E-state index contributed by atoms with van der Waals surface area (Å²) in [4.78, 5) is 12.5. The zero-order valence-corrected chi connectivity index (χ0v) is 10.4. The largest absolute Gasteiger partial charge is 0.352 e. The Bertz CT molecular complexity index is 580. The number of nitriles is 1. The molecule has 2 heterocycles. The van der Waals surface area contributed by atoms with E-state index in [1.54, 1.807) is 12.3 Å². The highest BCUT2D eigenvalue weighted by molar-refractivity contribution is 5.32. The molecule has 0 radical (unpaired) electrons. The summed E-state index contributed by atoms with van der Waals surface area (Å²) in [5.74, 6) is 1.46. The van der Waals surface area contributed by atoms with Gasteiger partial charge in [-0.15, -0.1) is 0 Å². The molecule has 0 fully saturated rings. The molecule has 2 rings (SSSR count). The number of nitrogens with zero attached hydrogens (tertiary/aromatic N) is 5. The van der Waals surface area contributed by atoms with Gasteiger partial charge in [-0.25, -0.2) is 15.0 Å². The van der Waals surface area contributed by atoms with Gasteiger partial charge in [0.2, 0.25) is 5.95 Å². The van der Waals surface area contributed by atoms with Gasteiger partial charge in [0.05, 0.1) is 0 Å². The number of rotatable bonds is 4. The summed E-state index contributed by atoms with van der Waals surface area (Å²) in [6.07, 6.45) is 3.70. The molecule has 92 valence electrons. The van der Waals surface area contributed by atoms with Crippen molar-refractivity contribution in [2.24, 2.45) is 0 Å². The van der Waals surface area contributed by atoms with Crippen LogP contribution >= 0.6 is 0 Å². The summed E-state index contributed by atoms with van der Waals surface area (Å²) in [5, 5.41) is 11.9. The first-order chi connectivity index (χ1) is 8.69. The van der Waals surface area contributed by atoms with Crippen LogP contribution in [0.5, 0.6) is 0 Å². The van der Waals surface area contributed by atoms with Gasteiger partial charge in [-0.1, -0.05) is 0 Å². The zero-order chi connectivity index (χ0) is 13.0. The first-order valence-electron chi connectivity index (χ1n) is 5.66. The third kappa shape index (κ3) is 2.83. The zero-order valence-electron chi connectivity index (χ0n) is 10.4. The topological polar surface area (TPSA) is 79.4 Å². The Labute approximate surface area is 105 Å². The molecule has 1 N–H and O–H groups in total. The van der Waals surface area contributed by atoms with Gasteiger partial charge in [-0.2, -0.15) is 5.26 Å². The number of hydrogen-bond acceptors (Lipinski definition) is 5. The van der Waals surface area contributed by atoms with Gasteiger partial charge < -0.3 is 9.88 Å². The van der Waals surface area contributed by atoms with Crippen LogP contribution in [0.4, 0.5) is 5.95 Å². The molecule has 0 aliphatic carbocycles. The minimum absolute atomic E-state index is 0.379. The van der Waals surface area contributed by atoms with Gasteiger partial charge in [0.15, 0.2) is 0 Å². The first kappa shape index (κ1) is 12.0. The molecule has 0 amide bonds. The lowest BCUT2D eigenvalue weighted by molar-refractivity contribution is 0.697.